The van der Waals surface area contributed by atoms with E-state index in [1.807, 2.05) is 0 Å². The number of fused-ring (bicyclic) bond motifs is 1. The van der Waals surface area contributed by atoms with Gasteiger partial charge < -0.3 is 14.4 Å². The lowest BCUT2D eigenvalue weighted by molar-refractivity contribution is -0.141. The highest BCUT2D eigenvalue weighted by Gasteiger charge is 2.43. The molecule has 0 radical (unpaired) electrons. The molecule has 8 nitrogen and oxygen atoms in total. The molecule has 37 heavy (non-hydrogen) atoms. The largest absolute Gasteiger partial charge is 0.497 e. The Morgan fingerprint density at radius 2 is 1.59 bits per heavy atom. The molecular formula is C26H27F3N4O4. The van der Waals surface area contributed by atoms with Crippen molar-refractivity contribution in [1.29, 1.82) is 0 Å². The number of hydrogen-bond acceptors (Lipinski definition) is 5. The number of halogens is 3. The molecule has 0 aliphatic carbocycles. The maximum Gasteiger partial charge on any atom is 0.435 e. The van der Waals surface area contributed by atoms with Crippen LogP contribution in [0, 0.1) is 0 Å². The Hall–Kier alpha value is -4.02. The van der Waals surface area contributed by atoms with Crippen LogP contribution in [-0.2, 0) is 17.3 Å². The summed E-state index contributed by atoms with van der Waals surface area (Å²) in [5.41, 5.74) is -0.688. The van der Waals surface area contributed by atoms with E-state index < -0.39 is 29.5 Å². The van der Waals surface area contributed by atoms with Crippen LogP contribution in [0.4, 0.5) is 29.3 Å². The first-order valence-electron chi connectivity index (χ1n) is 11.5. The van der Waals surface area contributed by atoms with Crippen molar-refractivity contribution in [1.82, 2.24) is 9.78 Å². The van der Waals surface area contributed by atoms with E-state index in [1.165, 1.54) is 16.9 Å². The minimum absolute atomic E-state index is 0.0222. The fraction of sp³-hybridized carbons (Fsp3) is 0.346. The van der Waals surface area contributed by atoms with Crippen LogP contribution in [0.5, 0.6) is 5.75 Å². The molecule has 1 aliphatic heterocycles. The van der Waals surface area contributed by atoms with Crippen molar-refractivity contribution in [3.63, 3.8) is 0 Å². The SMILES string of the molecule is COc1ccc(-n2nc(C(F)(F)F)c3c2C(=O)N(c2ccc(N(C)C(=O)OC(C)(C)C)cc2)CC3)cc1. The second-order valence-electron chi connectivity index (χ2n) is 9.55. The summed E-state index contributed by atoms with van der Waals surface area (Å²) in [7, 11) is 3.04. The third-order valence-electron chi connectivity index (χ3n) is 5.82. The molecule has 2 amide bonds. The molecule has 196 valence electrons. The Bertz CT molecular complexity index is 1310. The van der Waals surface area contributed by atoms with E-state index in [0.29, 0.717) is 22.8 Å². The lowest BCUT2D eigenvalue weighted by Gasteiger charge is -2.29. The van der Waals surface area contributed by atoms with Crippen LogP contribution in [0.1, 0.15) is 42.5 Å². The standard InChI is InChI=1S/C26H27F3N4O4/c1-25(2,3)37-24(35)31(4)16-6-8-17(9-7-16)32-15-14-20-21(23(32)34)33(30-22(20)26(27,28)29)18-10-12-19(36-5)13-11-18/h6-13H,14-15H2,1-5H3. The number of carbonyl (C=O) groups excluding carboxylic acids is 2. The van der Waals surface area contributed by atoms with Gasteiger partial charge in [0.25, 0.3) is 5.91 Å². The lowest BCUT2D eigenvalue weighted by Crippen LogP contribution is -2.39. The van der Waals surface area contributed by atoms with E-state index >= 15 is 0 Å². The number of anilines is 2. The van der Waals surface area contributed by atoms with Crippen LogP contribution in [0.3, 0.4) is 0 Å². The first-order chi connectivity index (χ1) is 17.3. The molecule has 0 saturated heterocycles. The predicted molar refractivity (Wildman–Crippen MR) is 132 cm³/mol. The van der Waals surface area contributed by atoms with E-state index in [1.54, 1.807) is 76.3 Å². The van der Waals surface area contributed by atoms with Crippen LogP contribution < -0.4 is 14.5 Å². The molecule has 0 bridgehead atoms. The summed E-state index contributed by atoms with van der Waals surface area (Å²) in [6.45, 7) is 5.33. The third kappa shape index (κ3) is 5.25. The van der Waals surface area contributed by atoms with E-state index in [-0.39, 0.29) is 24.2 Å². The van der Waals surface area contributed by atoms with E-state index in [9.17, 15) is 22.8 Å². The van der Waals surface area contributed by atoms with Crippen molar-refractivity contribution in [2.24, 2.45) is 0 Å². The van der Waals surface area contributed by atoms with Crippen molar-refractivity contribution < 1.29 is 32.2 Å². The summed E-state index contributed by atoms with van der Waals surface area (Å²) >= 11 is 0. The summed E-state index contributed by atoms with van der Waals surface area (Å²) in [6, 6.07) is 12.8. The van der Waals surface area contributed by atoms with Crippen LogP contribution in [0.15, 0.2) is 48.5 Å². The van der Waals surface area contributed by atoms with Crippen LogP contribution in [0.25, 0.3) is 5.69 Å². The van der Waals surface area contributed by atoms with Gasteiger partial charge in [0, 0.05) is 30.5 Å². The monoisotopic (exact) mass is 516 g/mol. The number of carbonyl (C=O) groups is 2. The van der Waals surface area contributed by atoms with E-state index in [0.717, 1.165) is 4.68 Å². The maximum absolute atomic E-state index is 13.8. The smallest absolute Gasteiger partial charge is 0.435 e. The molecule has 1 aromatic heterocycles. The molecule has 2 aromatic carbocycles. The quantitative estimate of drug-likeness (QED) is 0.460. The highest BCUT2D eigenvalue weighted by molar-refractivity contribution is 6.07. The zero-order valence-electron chi connectivity index (χ0n) is 21.1. The second kappa shape index (κ2) is 9.45. The number of hydrogen-bond donors (Lipinski definition) is 0. The highest BCUT2D eigenvalue weighted by Crippen LogP contribution is 2.37. The third-order valence-corrected chi connectivity index (χ3v) is 5.82. The summed E-state index contributed by atoms with van der Waals surface area (Å²) in [4.78, 5) is 28.6. The average molecular weight is 517 g/mol. The summed E-state index contributed by atoms with van der Waals surface area (Å²) < 4.78 is 52.9. The van der Waals surface area contributed by atoms with Crippen LogP contribution in [0.2, 0.25) is 0 Å². The Morgan fingerprint density at radius 3 is 2.14 bits per heavy atom. The molecule has 0 saturated carbocycles. The van der Waals surface area contributed by atoms with Gasteiger partial charge in [0.2, 0.25) is 0 Å². The molecule has 4 rings (SSSR count). The summed E-state index contributed by atoms with van der Waals surface area (Å²) in [5.74, 6) is -0.0847. The molecule has 0 unspecified atom stereocenters. The zero-order chi connectivity index (χ0) is 27.1. The van der Waals surface area contributed by atoms with E-state index in [2.05, 4.69) is 5.10 Å². The van der Waals surface area contributed by atoms with Crippen molar-refractivity contribution >= 4 is 23.4 Å². The van der Waals surface area contributed by atoms with E-state index in [4.69, 9.17) is 9.47 Å². The number of aromatic nitrogens is 2. The van der Waals surface area contributed by atoms with Gasteiger partial charge in [-0.15, -0.1) is 0 Å². The summed E-state index contributed by atoms with van der Waals surface area (Å²) in [6.07, 6.45) is -5.27. The van der Waals surface area contributed by atoms with Gasteiger partial charge in [-0.1, -0.05) is 0 Å². The molecule has 0 N–H and O–H groups in total. The summed E-state index contributed by atoms with van der Waals surface area (Å²) in [5, 5.41) is 3.80. The van der Waals surface area contributed by atoms with Gasteiger partial charge in [0.15, 0.2) is 5.69 Å². The average Bonchev–Trinajstić information content (AvgIpc) is 3.24. The number of benzene rings is 2. The van der Waals surface area contributed by atoms with Gasteiger partial charge in [-0.2, -0.15) is 18.3 Å². The van der Waals surface area contributed by atoms with Crippen molar-refractivity contribution in [2.75, 3.05) is 30.5 Å². The minimum atomic E-state index is -4.71. The van der Waals surface area contributed by atoms with Crippen LogP contribution >= 0.6 is 0 Å². The number of ether oxygens (including phenoxy) is 2. The Kier molecular flexibility index (Phi) is 6.66. The predicted octanol–water partition coefficient (Wildman–Crippen LogP) is 5.47. The molecule has 3 aromatic rings. The topological polar surface area (TPSA) is 76.9 Å². The van der Waals surface area contributed by atoms with Gasteiger partial charge >= 0.3 is 12.3 Å². The van der Waals surface area contributed by atoms with Gasteiger partial charge in [0.05, 0.1) is 12.8 Å². The molecule has 2 heterocycles. The zero-order valence-corrected chi connectivity index (χ0v) is 21.1. The number of methoxy groups -OCH3 is 1. The maximum atomic E-state index is 13.8. The molecule has 0 atom stereocenters. The number of nitrogens with zero attached hydrogens (tertiary/aromatic N) is 4. The van der Waals surface area contributed by atoms with Gasteiger partial charge in [0.1, 0.15) is 17.0 Å². The fourth-order valence-electron chi connectivity index (χ4n) is 4.04. The number of rotatable bonds is 4. The Balaban J connectivity index is 1.67. The number of alkyl halides is 3. The normalized spacial score (nSPS) is 13.8. The van der Waals surface area contributed by atoms with Crippen molar-refractivity contribution in [3.05, 3.63) is 65.5 Å². The van der Waals surface area contributed by atoms with Crippen LogP contribution in [-0.4, -0.2) is 48.1 Å². The Morgan fingerprint density at radius 1 is 1.00 bits per heavy atom. The molecule has 1 aliphatic rings. The molecule has 0 fully saturated rings. The second-order valence-corrected chi connectivity index (χ2v) is 9.55. The van der Waals surface area contributed by atoms with Crippen molar-refractivity contribution in [3.8, 4) is 11.4 Å². The minimum Gasteiger partial charge on any atom is -0.497 e. The Labute approximate surface area is 212 Å². The first kappa shape index (κ1) is 26.1. The first-order valence-corrected chi connectivity index (χ1v) is 11.5. The van der Waals surface area contributed by atoms with Crippen molar-refractivity contribution in [2.45, 2.75) is 39.0 Å². The molecular weight excluding hydrogens is 489 g/mol. The molecule has 11 heteroatoms. The fourth-order valence-corrected chi connectivity index (χ4v) is 4.04. The van der Waals surface area contributed by atoms with Gasteiger partial charge in [-0.3, -0.25) is 9.69 Å². The molecule has 0 spiro atoms. The number of amides is 2. The highest BCUT2D eigenvalue weighted by atomic mass is 19.4. The van der Waals surface area contributed by atoms with Gasteiger partial charge in [-0.05, 0) is 75.7 Å². The lowest BCUT2D eigenvalue weighted by atomic mass is 10.0. The van der Waals surface area contributed by atoms with Gasteiger partial charge in [-0.25, -0.2) is 9.48 Å².